The molecule has 0 N–H and O–H groups in total. The van der Waals surface area contributed by atoms with Gasteiger partial charge in [0.1, 0.15) is 0 Å². The summed E-state index contributed by atoms with van der Waals surface area (Å²) in [6, 6.07) is 0. The zero-order valence-corrected chi connectivity index (χ0v) is 10.8. The van der Waals surface area contributed by atoms with Gasteiger partial charge in [0.05, 0.1) is 11.2 Å². The van der Waals surface area contributed by atoms with Crippen molar-refractivity contribution in [1.82, 2.24) is 4.81 Å². The predicted molar refractivity (Wildman–Crippen MR) is 65.7 cm³/mol. The fraction of sp³-hybridized carbons (Fsp3) is 0.667. The summed E-state index contributed by atoms with van der Waals surface area (Å²) >= 11 is 0. The number of nitrogens with zero attached hydrogens (tertiary/aromatic N) is 1. The van der Waals surface area contributed by atoms with Crippen LogP contribution in [0.1, 0.15) is 34.6 Å². The maximum Gasteiger partial charge on any atom is 0.594 e. The highest BCUT2D eigenvalue weighted by molar-refractivity contribution is 6.42. The minimum atomic E-state index is -0.272. The molecule has 16 heavy (non-hydrogen) atoms. The van der Waals surface area contributed by atoms with E-state index in [-0.39, 0.29) is 18.5 Å². The van der Waals surface area contributed by atoms with Gasteiger partial charge in [-0.25, -0.2) is 0 Å². The van der Waals surface area contributed by atoms with Crippen molar-refractivity contribution in [2.24, 2.45) is 0 Å². The summed E-state index contributed by atoms with van der Waals surface area (Å²) in [5.41, 5.74) is 0.652. The highest BCUT2D eigenvalue weighted by atomic mass is 16.7. The molecule has 0 aromatic rings. The van der Waals surface area contributed by atoms with Crippen molar-refractivity contribution in [3.8, 4) is 0 Å². The van der Waals surface area contributed by atoms with E-state index >= 15 is 0 Å². The molecule has 0 radical (unpaired) electrons. The van der Waals surface area contributed by atoms with Crippen LogP contribution >= 0.6 is 0 Å². The molecule has 2 rings (SSSR count). The highest BCUT2D eigenvalue weighted by Crippen LogP contribution is 2.38. The molecule has 0 aromatic carbocycles. The standard InChI is InChI=1S/C12H20BNO2/c1-10-8-6-7-9-14(10)13-15-11(2,3)12(4,5)16-13/h6-8H,9H2,1-5H3. The quantitative estimate of drug-likeness (QED) is 0.634. The number of hydrogen-bond donors (Lipinski definition) is 0. The van der Waals surface area contributed by atoms with E-state index in [1.54, 1.807) is 0 Å². The lowest BCUT2D eigenvalue weighted by Crippen LogP contribution is -2.41. The Bertz CT molecular complexity index is 331. The Hall–Kier alpha value is -0.735. The molecule has 0 atom stereocenters. The van der Waals surface area contributed by atoms with Gasteiger partial charge >= 0.3 is 7.25 Å². The average Bonchev–Trinajstić information content (AvgIpc) is 2.36. The van der Waals surface area contributed by atoms with Crippen LogP contribution in [0.15, 0.2) is 23.9 Å². The molecule has 2 heterocycles. The summed E-state index contributed by atoms with van der Waals surface area (Å²) in [7, 11) is -0.272. The Morgan fingerprint density at radius 3 is 2.25 bits per heavy atom. The van der Waals surface area contributed by atoms with Crippen LogP contribution in [0.2, 0.25) is 0 Å². The van der Waals surface area contributed by atoms with Gasteiger partial charge in [-0.15, -0.1) is 0 Å². The molecule has 0 bridgehead atoms. The minimum Gasteiger partial charge on any atom is -0.384 e. The van der Waals surface area contributed by atoms with E-state index in [1.807, 2.05) is 0 Å². The lowest BCUT2D eigenvalue weighted by molar-refractivity contribution is 0.00578. The largest absolute Gasteiger partial charge is 0.594 e. The zero-order chi connectivity index (χ0) is 12.0. The number of rotatable bonds is 1. The molecular weight excluding hydrogens is 201 g/mol. The Morgan fingerprint density at radius 1 is 1.19 bits per heavy atom. The van der Waals surface area contributed by atoms with Gasteiger partial charge in [0.15, 0.2) is 0 Å². The second kappa shape index (κ2) is 3.64. The van der Waals surface area contributed by atoms with Crippen LogP contribution in [-0.2, 0) is 9.31 Å². The van der Waals surface area contributed by atoms with E-state index in [4.69, 9.17) is 9.31 Å². The summed E-state index contributed by atoms with van der Waals surface area (Å²) in [4.78, 5) is 2.14. The van der Waals surface area contributed by atoms with Crippen molar-refractivity contribution in [2.45, 2.75) is 45.8 Å². The van der Waals surface area contributed by atoms with Crippen LogP contribution in [-0.4, -0.2) is 29.8 Å². The molecule has 1 saturated heterocycles. The SMILES string of the molecule is CC1=CC=CCN1B1OC(C)(C)C(C)(C)O1. The second-order valence-electron chi connectivity index (χ2n) is 5.45. The average molecular weight is 221 g/mol. The number of hydrogen-bond acceptors (Lipinski definition) is 3. The van der Waals surface area contributed by atoms with Gasteiger partial charge in [-0.3, -0.25) is 0 Å². The van der Waals surface area contributed by atoms with Crippen molar-refractivity contribution in [2.75, 3.05) is 6.54 Å². The molecule has 0 saturated carbocycles. The lowest BCUT2D eigenvalue weighted by Gasteiger charge is -2.32. The number of allylic oxidation sites excluding steroid dienone is 3. The van der Waals surface area contributed by atoms with Crippen LogP contribution in [0.5, 0.6) is 0 Å². The molecule has 0 aliphatic carbocycles. The molecule has 88 valence electrons. The summed E-state index contributed by atoms with van der Waals surface area (Å²) in [6.07, 6.45) is 6.25. The first kappa shape index (κ1) is 11.7. The van der Waals surface area contributed by atoms with Crippen LogP contribution < -0.4 is 0 Å². The Kier molecular flexibility index (Phi) is 2.67. The molecule has 1 fully saturated rings. The van der Waals surface area contributed by atoms with Crippen molar-refractivity contribution in [3.05, 3.63) is 23.9 Å². The van der Waals surface area contributed by atoms with E-state index < -0.39 is 0 Å². The van der Waals surface area contributed by atoms with Gasteiger partial charge in [0.2, 0.25) is 0 Å². The maximum atomic E-state index is 6.00. The smallest absolute Gasteiger partial charge is 0.384 e. The van der Waals surface area contributed by atoms with E-state index in [2.05, 4.69) is 57.7 Å². The van der Waals surface area contributed by atoms with Crippen molar-refractivity contribution in [3.63, 3.8) is 0 Å². The molecular formula is C12H20BNO2. The van der Waals surface area contributed by atoms with E-state index in [0.29, 0.717) is 0 Å². The normalized spacial score (nSPS) is 27.2. The van der Waals surface area contributed by atoms with Gasteiger partial charge in [0, 0.05) is 12.2 Å². The maximum absolute atomic E-state index is 6.00. The van der Waals surface area contributed by atoms with Gasteiger partial charge in [-0.05, 0) is 40.7 Å². The third-order valence-corrected chi connectivity index (χ3v) is 3.72. The Morgan fingerprint density at radius 2 is 1.75 bits per heavy atom. The summed E-state index contributed by atoms with van der Waals surface area (Å²) < 4.78 is 12.0. The second-order valence-corrected chi connectivity index (χ2v) is 5.45. The molecule has 3 nitrogen and oxygen atoms in total. The summed E-state index contributed by atoms with van der Waals surface area (Å²) in [5, 5.41) is 0. The third-order valence-electron chi connectivity index (χ3n) is 3.72. The third kappa shape index (κ3) is 1.80. The molecule has 0 unspecified atom stereocenters. The van der Waals surface area contributed by atoms with Crippen molar-refractivity contribution >= 4 is 7.25 Å². The van der Waals surface area contributed by atoms with E-state index in [1.165, 1.54) is 5.70 Å². The molecule has 0 spiro atoms. The first-order chi connectivity index (χ1) is 7.33. The van der Waals surface area contributed by atoms with Gasteiger partial charge in [-0.2, -0.15) is 0 Å². The van der Waals surface area contributed by atoms with E-state index in [0.717, 1.165) is 6.54 Å². The van der Waals surface area contributed by atoms with E-state index in [9.17, 15) is 0 Å². The van der Waals surface area contributed by atoms with Gasteiger partial charge in [-0.1, -0.05) is 12.2 Å². The molecule has 2 aliphatic rings. The van der Waals surface area contributed by atoms with Crippen molar-refractivity contribution < 1.29 is 9.31 Å². The van der Waals surface area contributed by atoms with Gasteiger partial charge in [0.25, 0.3) is 0 Å². The van der Waals surface area contributed by atoms with Crippen molar-refractivity contribution in [1.29, 1.82) is 0 Å². The fourth-order valence-corrected chi connectivity index (χ4v) is 1.81. The Labute approximate surface area is 98.3 Å². The molecule has 0 aromatic heterocycles. The summed E-state index contributed by atoms with van der Waals surface area (Å²) in [6.45, 7) is 11.2. The van der Waals surface area contributed by atoms with Crippen LogP contribution in [0, 0.1) is 0 Å². The predicted octanol–water partition coefficient (Wildman–Crippen LogP) is 2.35. The minimum absolute atomic E-state index is 0.265. The van der Waals surface area contributed by atoms with Crippen LogP contribution in [0.4, 0.5) is 0 Å². The first-order valence-corrected chi connectivity index (χ1v) is 5.79. The zero-order valence-electron chi connectivity index (χ0n) is 10.8. The highest BCUT2D eigenvalue weighted by Gasteiger charge is 2.54. The topological polar surface area (TPSA) is 21.7 Å². The molecule has 2 aliphatic heterocycles. The van der Waals surface area contributed by atoms with Crippen LogP contribution in [0.3, 0.4) is 0 Å². The monoisotopic (exact) mass is 221 g/mol. The lowest BCUT2D eigenvalue weighted by atomic mass is 9.90. The Balaban J connectivity index is 2.15. The molecule has 0 amide bonds. The fourth-order valence-electron chi connectivity index (χ4n) is 1.81. The molecule has 4 heteroatoms. The first-order valence-electron chi connectivity index (χ1n) is 5.79. The van der Waals surface area contributed by atoms with Gasteiger partial charge < -0.3 is 14.1 Å². The van der Waals surface area contributed by atoms with Crippen LogP contribution in [0.25, 0.3) is 0 Å². The summed E-state index contributed by atoms with van der Waals surface area (Å²) in [5.74, 6) is 0.